The fourth-order valence-corrected chi connectivity index (χ4v) is 1.09. The van der Waals surface area contributed by atoms with E-state index in [-0.39, 0.29) is 11.7 Å². The van der Waals surface area contributed by atoms with Crippen molar-refractivity contribution in [2.75, 3.05) is 0 Å². The lowest BCUT2D eigenvalue weighted by molar-refractivity contribution is 0.484. The molecule has 1 rings (SSSR count). The van der Waals surface area contributed by atoms with E-state index >= 15 is 0 Å². The van der Waals surface area contributed by atoms with Crippen LogP contribution >= 0.6 is 0 Å². The summed E-state index contributed by atoms with van der Waals surface area (Å²) in [6.07, 6.45) is 8.05. The second kappa shape index (κ2) is 3.77. The summed E-state index contributed by atoms with van der Waals surface area (Å²) in [4.78, 5) is 11.1. The molecule has 4 nitrogen and oxygen atoms in total. The SMILES string of the molecule is C#CCC(CC)n1cn[nH]c1=O. The topological polar surface area (TPSA) is 50.7 Å². The Morgan fingerprint density at radius 3 is 3.08 bits per heavy atom. The highest BCUT2D eigenvalue weighted by atomic mass is 16.1. The monoisotopic (exact) mass is 165 g/mol. The van der Waals surface area contributed by atoms with Crippen LogP contribution in [-0.2, 0) is 0 Å². The highest BCUT2D eigenvalue weighted by Gasteiger charge is 2.08. The number of H-pyrrole nitrogens is 1. The van der Waals surface area contributed by atoms with Gasteiger partial charge in [-0.1, -0.05) is 6.92 Å². The Morgan fingerprint density at radius 2 is 2.67 bits per heavy atom. The van der Waals surface area contributed by atoms with Gasteiger partial charge < -0.3 is 0 Å². The third kappa shape index (κ3) is 1.56. The highest BCUT2D eigenvalue weighted by molar-refractivity contribution is 4.89. The van der Waals surface area contributed by atoms with Gasteiger partial charge in [-0.2, -0.15) is 5.10 Å². The largest absolute Gasteiger partial charge is 0.343 e. The van der Waals surface area contributed by atoms with E-state index < -0.39 is 0 Å². The van der Waals surface area contributed by atoms with Gasteiger partial charge in [0.1, 0.15) is 6.33 Å². The van der Waals surface area contributed by atoms with E-state index in [4.69, 9.17) is 6.42 Å². The molecular formula is C8H11N3O. The number of hydrogen-bond acceptors (Lipinski definition) is 2. The van der Waals surface area contributed by atoms with Crippen molar-refractivity contribution in [2.45, 2.75) is 25.8 Å². The molecule has 1 N–H and O–H groups in total. The first kappa shape index (κ1) is 8.60. The van der Waals surface area contributed by atoms with Crippen LogP contribution in [0.15, 0.2) is 11.1 Å². The molecule has 0 aromatic carbocycles. The summed E-state index contributed by atoms with van der Waals surface area (Å²) in [6, 6.07) is 0.0706. The maximum absolute atomic E-state index is 11.1. The molecule has 1 aromatic rings. The fourth-order valence-electron chi connectivity index (χ4n) is 1.09. The smallest absolute Gasteiger partial charge is 0.278 e. The molecular weight excluding hydrogens is 154 g/mol. The summed E-state index contributed by atoms with van der Waals surface area (Å²) in [5.41, 5.74) is -0.197. The van der Waals surface area contributed by atoms with E-state index in [1.54, 1.807) is 0 Å². The molecule has 4 heteroatoms. The van der Waals surface area contributed by atoms with Gasteiger partial charge >= 0.3 is 5.69 Å². The first-order chi connectivity index (χ1) is 5.79. The lowest BCUT2D eigenvalue weighted by atomic mass is 10.1. The van der Waals surface area contributed by atoms with Crippen LogP contribution in [-0.4, -0.2) is 14.8 Å². The van der Waals surface area contributed by atoms with Crippen molar-refractivity contribution in [2.24, 2.45) is 0 Å². The zero-order chi connectivity index (χ0) is 8.97. The Labute approximate surface area is 70.6 Å². The summed E-state index contributed by atoms with van der Waals surface area (Å²) in [6.45, 7) is 1.99. The number of aromatic nitrogens is 3. The Hall–Kier alpha value is -1.50. The molecule has 1 aromatic heterocycles. The van der Waals surface area contributed by atoms with Crippen LogP contribution < -0.4 is 5.69 Å². The molecule has 1 heterocycles. The minimum atomic E-state index is -0.197. The molecule has 0 radical (unpaired) electrons. The first-order valence-corrected chi connectivity index (χ1v) is 3.84. The number of nitrogens with one attached hydrogen (secondary N) is 1. The molecule has 0 fully saturated rings. The van der Waals surface area contributed by atoms with Gasteiger partial charge in [0.2, 0.25) is 0 Å². The van der Waals surface area contributed by atoms with E-state index in [0.29, 0.717) is 6.42 Å². The van der Waals surface area contributed by atoms with Gasteiger partial charge in [0.15, 0.2) is 0 Å². The molecule has 0 bridgehead atoms. The van der Waals surface area contributed by atoms with Crippen molar-refractivity contribution in [3.05, 3.63) is 16.8 Å². The maximum atomic E-state index is 11.1. The summed E-state index contributed by atoms with van der Waals surface area (Å²) in [5.74, 6) is 2.53. The zero-order valence-electron chi connectivity index (χ0n) is 6.95. The molecule has 0 amide bonds. The predicted molar refractivity (Wildman–Crippen MR) is 45.6 cm³/mol. The Morgan fingerprint density at radius 1 is 1.92 bits per heavy atom. The van der Waals surface area contributed by atoms with Crippen LogP contribution in [0.25, 0.3) is 0 Å². The van der Waals surface area contributed by atoms with Gasteiger partial charge in [-0.15, -0.1) is 12.3 Å². The third-order valence-electron chi connectivity index (χ3n) is 1.79. The number of aromatic amines is 1. The second-order valence-corrected chi connectivity index (χ2v) is 2.54. The van der Waals surface area contributed by atoms with Crippen LogP contribution in [0.3, 0.4) is 0 Å². The van der Waals surface area contributed by atoms with Crippen LogP contribution in [0.1, 0.15) is 25.8 Å². The van der Waals surface area contributed by atoms with Crippen LogP contribution in [0.4, 0.5) is 0 Å². The summed E-state index contributed by atoms with van der Waals surface area (Å²) in [5, 5.41) is 5.96. The highest BCUT2D eigenvalue weighted by Crippen LogP contribution is 2.10. The quantitative estimate of drug-likeness (QED) is 0.665. The number of rotatable bonds is 3. The number of nitrogens with zero attached hydrogens (tertiary/aromatic N) is 2. The van der Waals surface area contributed by atoms with Gasteiger partial charge in [0.25, 0.3) is 0 Å². The molecule has 1 atom stereocenters. The van der Waals surface area contributed by atoms with Crippen molar-refractivity contribution < 1.29 is 0 Å². The average Bonchev–Trinajstić information content (AvgIpc) is 2.47. The molecule has 0 saturated carbocycles. The fraction of sp³-hybridized carbons (Fsp3) is 0.500. The maximum Gasteiger partial charge on any atom is 0.343 e. The summed E-state index contributed by atoms with van der Waals surface area (Å²) >= 11 is 0. The number of terminal acetylenes is 1. The van der Waals surface area contributed by atoms with E-state index in [1.807, 2.05) is 6.92 Å². The lowest BCUT2D eigenvalue weighted by Crippen LogP contribution is -2.21. The molecule has 64 valence electrons. The minimum absolute atomic E-state index is 0.0706. The summed E-state index contributed by atoms with van der Waals surface area (Å²) < 4.78 is 1.53. The van der Waals surface area contributed by atoms with Crippen molar-refractivity contribution in [1.29, 1.82) is 0 Å². The van der Waals surface area contributed by atoms with E-state index in [9.17, 15) is 4.79 Å². The van der Waals surface area contributed by atoms with Crippen LogP contribution in [0, 0.1) is 12.3 Å². The van der Waals surface area contributed by atoms with E-state index in [0.717, 1.165) is 6.42 Å². The molecule has 0 aliphatic heterocycles. The van der Waals surface area contributed by atoms with Gasteiger partial charge in [-0.25, -0.2) is 9.89 Å². The Kier molecular flexibility index (Phi) is 2.70. The van der Waals surface area contributed by atoms with Gasteiger partial charge in [0.05, 0.1) is 6.04 Å². The molecule has 1 unspecified atom stereocenters. The van der Waals surface area contributed by atoms with Crippen molar-refractivity contribution in [1.82, 2.24) is 14.8 Å². The normalized spacial score (nSPS) is 12.3. The van der Waals surface area contributed by atoms with Crippen molar-refractivity contribution in [3.8, 4) is 12.3 Å². The Balaban J connectivity index is 2.88. The summed E-state index contributed by atoms with van der Waals surface area (Å²) in [7, 11) is 0. The van der Waals surface area contributed by atoms with Gasteiger partial charge in [-0.05, 0) is 6.42 Å². The van der Waals surface area contributed by atoms with Crippen LogP contribution in [0.5, 0.6) is 0 Å². The predicted octanol–water partition coefficient (Wildman–Crippen LogP) is 0.546. The number of hydrogen-bond donors (Lipinski definition) is 1. The standard InChI is InChI=1S/C8H11N3O/c1-3-5-7(4-2)11-6-9-10-8(11)12/h1,6-7H,4-5H2,2H3,(H,10,12). The first-order valence-electron chi connectivity index (χ1n) is 3.84. The molecule has 0 saturated heterocycles. The van der Waals surface area contributed by atoms with Crippen molar-refractivity contribution in [3.63, 3.8) is 0 Å². The molecule has 0 aliphatic carbocycles. The third-order valence-corrected chi connectivity index (χ3v) is 1.79. The molecule has 12 heavy (non-hydrogen) atoms. The zero-order valence-corrected chi connectivity index (χ0v) is 6.95. The van der Waals surface area contributed by atoms with E-state index in [2.05, 4.69) is 16.1 Å². The van der Waals surface area contributed by atoms with E-state index in [1.165, 1.54) is 10.9 Å². The van der Waals surface area contributed by atoms with Crippen LogP contribution in [0.2, 0.25) is 0 Å². The van der Waals surface area contributed by atoms with Crippen molar-refractivity contribution >= 4 is 0 Å². The minimum Gasteiger partial charge on any atom is -0.278 e. The van der Waals surface area contributed by atoms with Gasteiger partial charge in [0, 0.05) is 6.42 Å². The Bertz CT molecular complexity index is 331. The lowest BCUT2D eigenvalue weighted by Gasteiger charge is -2.10. The second-order valence-electron chi connectivity index (χ2n) is 2.54. The van der Waals surface area contributed by atoms with Gasteiger partial charge in [-0.3, -0.25) is 4.57 Å². The molecule has 0 spiro atoms. The molecule has 0 aliphatic rings. The average molecular weight is 165 g/mol.